The first kappa shape index (κ1) is 15.1. The van der Waals surface area contributed by atoms with Crippen molar-refractivity contribution in [3.05, 3.63) is 30.0 Å². The van der Waals surface area contributed by atoms with Crippen LogP contribution in [-0.2, 0) is 13.5 Å². The molecular formula is C18H25BrN2. The Balaban J connectivity index is 1.80. The van der Waals surface area contributed by atoms with Crippen LogP contribution in [0.5, 0.6) is 0 Å². The summed E-state index contributed by atoms with van der Waals surface area (Å²) < 4.78 is 2.03. The standard InChI is InChI=1S/C18H25BrN2/c1-3-6-13-9-10-16(19)14(11-13)12-17-15-7-4-5-8-18(15)21(2)20-17/h4-5,7-8,13-14,16H,3,6,9-12H2,1-2H3. The topological polar surface area (TPSA) is 17.8 Å². The van der Waals surface area contributed by atoms with Gasteiger partial charge in [0.25, 0.3) is 0 Å². The van der Waals surface area contributed by atoms with Crippen molar-refractivity contribution in [3.8, 4) is 0 Å². The second kappa shape index (κ2) is 6.51. The minimum atomic E-state index is 0.659. The summed E-state index contributed by atoms with van der Waals surface area (Å²) >= 11 is 3.93. The second-order valence-electron chi connectivity index (χ2n) is 6.54. The van der Waals surface area contributed by atoms with Crippen molar-refractivity contribution in [2.45, 2.75) is 50.3 Å². The molecule has 3 heteroatoms. The second-order valence-corrected chi connectivity index (χ2v) is 7.71. The van der Waals surface area contributed by atoms with E-state index in [0.717, 1.165) is 18.3 Å². The molecule has 0 saturated heterocycles. The normalized spacial score (nSPS) is 26.3. The van der Waals surface area contributed by atoms with Crippen LogP contribution in [-0.4, -0.2) is 14.6 Å². The van der Waals surface area contributed by atoms with Gasteiger partial charge in [-0.3, -0.25) is 4.68 Å². The number of benzene rings is 1. The van der Waals surface area contributed by atoms with Crippen LogP contribution in [0.1, 0.15) is 44.7 Å². The van der Waals surface area contributed by atoms with E-state index in [-0.39, 0.29) is 0 Å². The molecule has 2 nitrogen and oxygen atoms in total. The van der Waals surface area contributed by atoms with Gasteiger partial charge in [0, 0.05) is 17.3 Å². The third-order valence-corrected chi connectivity index (χ3v) is 6.19. The summed E-state index contributed by atoms with van der Waals surface area (Å²) in [6, 6.07) is 8.60. The van der Waals surface area contributed by atoms with Crippen molar-refractivity contribution in [2.24, 2.45) is 18.9 Å². The van der Waals surface area contributed by atoms with Crippen molar-refractivity contribution < 1.29 is 0 Å². The molecule has 114 valence electrons. The molecule has 1 fully saturated rings. The van der Waals surface area contributed by atoms with E-state index in [2.05, 4.69) is 54.2 Å². The van der Waals surface area contributed by atoms with Crippen LogP contribution < -0.4 is 0 Å². The lowest BCUT2D eigenvalue weighted by molar-refractivity contribution is 0.262. The zero-order valence-corrected chi connectivity index (χ0v) is 14.6. The van der Waals surface area contributed by atoms with E-state index in [1.807, 2.05) is 4.68 Å². The lowest BCUT2D eigenvalue weighted by Gasteiger charge is -2.33. The third kappa shape index (κ3) is 3.18. The molecular weight excluding hydrogens is 324 g/mol. The zero-order valence-electron chi connectivity index (χ0n) is 13.1. The molecule has 1 aromatic heterocycles. The van der Waals surface area contributed by atoms with Crippen LogP contribution in [0.4, 0.5) is 0 Å². The van der Waals surface area contributed by atoms with Gasteiger partial charge in [0.1, 0.15) is 0 Å². The molecule has 1 aromatic carbocycles. The fourth-order valence-corrected chi connectivity index (χ4v) is 4.56. The number of alkyl halides is 1. The van der Waals surface area contributed by atoms with E-state index >= 15 is 0 Å². The van der Waals surface area contributed by atoms with Gasteiger partial charge in [-0.2, -0.15) is 5.10 Å². The molecule has 1 saturated carbocycles. The number of aryl methyl sites for hydroxylation is 1. The molecule has 0 radical (unpaired) electrons. The molecule has 0 amide bonds. The molecule has 1 aliphatic rings. The van der Waals surface area contributed by atoms with Crippen molar-refractivity contribution >= 4 is 26.8 Å². The Morgan fingerprint density at radius 3 is 2.90 bits per heavy atom. The van der Waals surface area contributed by atoms with Gasteiger partial charge in [0.15, 0.2) is 0 Å². The van der Waals surface area contributed by atoms with Crippen LogP contribution in [0.2, 0.25) is 0 Å². The Morgan fingerprint density at radius 1 is 1.29 bits per heavy atom. The minimum Gasteiger partial charge on any atom is -0.268 e. The molecule has 0 bridgehead atoms. The largest absolute Gasteiger partial charge is 0.268 e. The number of hydrogen-bond acceptors (Lipinski definition) is 1. The van der Waals surface area contributed by atoms with Crippen LogP contribution in [0.25, 0.3) is 10.9 Å². The number of para-hydroxylation sites is 1. The van der Waals surface area contributed by atoms with E-state index in [1.165, 1.54) is 48.7 Å². The summed E-state index contributed by atoms with van der Waals surface area (Å²) in [7, 11) is 2.05. The highest BCUT2D eigenvalue weighted by Gasteiger charge is 2.29. The smallest absolute Gasteiger partial charge is 0.0706 e. The average molecular weight is 349 g/mol. The number of rotatable bonds is 4. The summed E-state index contributed by atoms with van der Waals surface area (Å²) in [5, 5.41) is 6.12. The summed E-state index contributed by atoms with van der Waals surface area (Å²) in [5.41, 5.74) is 2.53. The van der Waals surface area contributed by atoms with Gasteiger partial charge >= 0.3 is 0 Å². The van der Waals surface area contributed by atoms with Crippen molar-refractivity contribution in [1.29, 1.82) is 0 Å². The lowest BCUT2D eigenvalue weighted by Crippen LogP contribution is -2.27. The molecule has 0 N–H and O–H groups in total. The van der Waals surface area contributed by atoms with E-state index in [0.29, 0.717) is 4.83 Å². The molecule has 3 unspecified atom stereocenters. The predicted molar refractivity (Wildman–Crippen MR) is 92.9 cm³/mol. The fraction of sp³-hybridized carbons (Fsp3) is 0.611. The van der Waals surface area contributed by atoms with E-state index in [1.54, 1.807) is 0 Å². The Kier molecular flexibility index (Phi) is 4.68. The molecule has 1 heterocycles. The van der Waals surface area contributed by atoms with E-state index in [9.17, 15) is 0 Å². The van der Waals surface area contributed by atoms with Gasteiger partial charge < -0.3 is 0 Å². The van der Waals surface area contributed by atoms with Gasteiger partial charge in [-0.1, -0.05) is 53.9 Å². The molecule has 3 atom stereocenters. The highest BCUT2D eigenvalue weighted by atomic mass is 79.9. The molecule has 2 aromatic rings. The summed E-state index contributed by atoms with van der Waals surface area (Å²) in [6.45, 7) is 2.31. The van der Waals surface area contributed by atoms with Gasteiger partial charge in [0.05, 0.1) is 11.2 Å². The maximum absolute atomic E-state index is 4.79. The summed E-state index contributed by atoms with van der Waals surface area (Å²) in [6.07, 6.45) is 7.88. The van der Waals surface area contributed by atoms with Crippen LogP contribution >= 0.6 is 15.9 Å². The van der Waals surface area contributed by atoms with Crippen molar-refractivity contribution in [2.75, 3.05) is 0 Å². The average Bonchev–Trinajstić information content (AvgIpc) is 2.80. The minimum absolute atomic E-state index is 0.659. The quantitative estimate of drug-likeness (QED) is 0.703. The summed E-state index contributed by atoms with van der Waals surface area (Å²) in [4.78, 5) is 0.659. The van der Waals surface area contributed by atoms with E-state index < -0.39 is 0 Å². The first-order valence-electron chi connectivity index (χ1n) is 8.23. The zero-order chi connectivity index (χ0) is 14.8. The number of halogens is 1. The third-order valence-electron chi connectivity index (χ3n) is 4.99. The van der Waals surface area contributed by atoms with Gasteiger partial charge in [-0.05, 0) is 43.6 Å². The fourth-order valence-electron chi connectivity index (χ4n) is 3.89. The molecule has 0 aliphatic heterocycles. The lowest BCUT2D eigenvalue weighted by atomic mass is 9.77. The van der Waals surface area contributed by atoms with Crippen molar-refractivity contribution in [3.63, 3.8) is 0 Å². The first-order chi connectivity index (χ1) is 10.2. The molecule has 3 rings (SSSR count). The maximum atomic E-state index is 4.79. The molecule has 21 heavy (non-hydrogen) atoms. The van der Waals surface area contributed by atoms with Crippen molar-refractivity contribution in [1.82, 2.24) is 9.78 Å². The van der Waals surface area contributed by atoms with Gasteiger partial charge in [0.2, 0.25) is 0 Å². The number of fused-ring (bicyclic) bond motifs is 1. The van der Waals surface area contributed by atoms with Crippen LogP contribution in [0.15, 0.2) is 24.3 Å². The van der Waals surface area contributed by atoms with Gasteiger partial charge in [-0.25, -0.2) is 0 Å². The first-order valence-corrected chi connectivity index (χ1v) is 9.15. The van der Waals surface area contributed by atoms with Gasteiger partial charge in [-0.15, -0.1) is 0 Å². The predicted octanol–water partition coefficient (Wildman–Crippen LogP) is 5.10. The molecule has 0 spiro atoms. The van der Waals surface area contributed by atoms with Crippen LogP contribution in [0.3, 0.4) is 0 Å². The number of nitrogens with zero attached hydrogens (tertiary/aromatic N) is 2. The van der Waals surface area contributed by atoms with E-state index in [4.69, 9.17) is 5.10 Å². The molecule has 1 aliphatic carbocycles. The Hall–Kier alpha value is -0.830. The SMILES string of the molecule is CCCC1CCC(Br)C(Cc2nn(C)c3ccccc23)C1. The number of aromatic nitrogens is 2. The van der Waals surface area contributed by atoms with Crippen LogP contribution in [0, 0.1) is 11.8 Å². The Bertz CT molecular complexity index is 604. The number of hydrogen-bond donors (Lipinski definition) is 0. The highest BCUT2D eigenvalue weighted by molar-refractivity contribution is 9.09. The summed E-state index contributed by atoms with van der Waals surface area (Å²) in [5.74, 6) is 1.65. The Morgan fingerprint density at radius 2 is 2.10 bits per heavy atom. The monoisotopic (exact) mass is 348 g/mol. The Labute approximate surface area is 136 Å². The maximum Gasteiger partial charge on any atom is 0.0706 e. The highest BCUT2D eigenvalue weighted by Crippen LogP contribution is 2.38.